The first-order valence-corrected chi connectivity index (χ1v) is 6.23. The second-order valence-electron chi connectivity index (χ2n) is 3.43. The summed E-state index contributed by atoms with van der Waals surface area (Å²) in [5.74, 6) is 0. The van der Waals surface area contributed by atoms with Gasteiger partial charge in [-0.25, -0.2) is 4.72 Å². The predicted molar refractivity (Wildman–Crippen MR) is 60.9 cm³/mol. The van der Waals surface area contributed by atoms with Crippen LogP contribution in [0.15, 0.2) is 30.3 Å². The fourth-order valence-corrected chi connectivity index (χ4v) is 1.74. The van der Waals surface area contributed by atoms with Gasteiger partial charge in [0.05, 0.1) is 0 Å². The van der Waals surface area contributed by atoms with Crippen molar-refractivity contribution in [3.05, 3.63) is 35.9 Å². The Labute approximate surface area is 93.3 Å². The zero-order chi connectivity index (χ0) is 10.9. The number of aryl methyl sites for hydroxylation is 1. The fraction of sp³-hybridized carbons (Fsp3) is 0.455. The molecule has 0 saturated heterocycles. The summed E-state index contributed by atoms with van der Waals surface area (Å²) in [6, 6.07) is 10.3. The standard InChI is InChI=1S/C11H17NO2S/c13-15(14)12-10-6-2-5-9-11-7-3-1-4-8-11/h1,3-4,7-8,12H,2,5-6,9-10H2,(H,13,14)/p-1. The summed E-state index contributed by atoms with van der Waals surface area (Å²) >= 11 is -2.11. The maximum absolute atomic E-state index is 10.1. The van der Waals surface area contributed by atoms with Crippen molar-refractivity contribution in [2.45, 2.75) is 25.7 Å². The van der Waals surface area contributed by atoms with Crippen molar-refractivity contribution in [1.29, 1.82) is 0 Å². The third-order valence-electron chi connectivity index (χ3n) is 2.20. The van der Waals surface area contributed by atoms with Crippen LogP contribution in [0.2, 0.25) is 0 Å². The van der Waals surface area contributed by atoms with E-state index in [1.165, 1.54) is 5.56 Å². The number of unbranched alkanes of at least 4 members (excludes halogenated alkanes) is 2. The van der Waals surface area contributed by atoms with E-state index in [1.807, 2.05) is 18.2 Å². The van der Waals surface area contributed by atoms with Crippen molar-refractivity contribution in [3.63, 3.8) is 0 Å². The normalized spacial score (nSPS) is 12.6. The summed E-state index contributed by atoms with van der Waals surface area (Å²) in [4.78, 5) is 0. The van der Waals surface area contributed by atoms with E-state index in [2.05, 4.69) is 16.9 Å². The molecule has 0 fully saturated rings. The minimum Gasteiger partial charge on any atom is -0.760 e. The van der Waals surface area contributed by atoms with Crippen molar-refractivity contribution in [2.24, 2.45) is 0 Å². The number of benzene rings is 1. The van der Waals surface area contributed by atoms with Gasteiger partial charge in [-0.15, -0.1) is 0 Å². The van der Waals surface area contributed by atoms with E-state index in [-0.39, 0.29) is 0 Å². The average molecular weight is 226 g/mol. The topological polar surface area (TPSA) is 52.2 Å². The lowest BCUT2D eigenvalue weighted by molar-refractivity contribution is 0.519. The van der Waals surface area contributed by atoms with Crippen LogP contribution >= 0.6 is 0 Å². The Bertz CT molecular complexity index is 290. The van der Waals surface area contributed by atoms with Gasteiger partial charge in [-0.1, -0.05) is 36.8 Å². The van der Waals surface area contributed by atoms with Gasteiger partial charge in [0.25, 0.3) is 0 Å². The SMILES string of the molecule is O=S([O-])NCCCCCc1ccccc1. The molecule has 1 aromatic rings. The highest BCUT2D eigenvalue weighted by atomic mass is 32.2. The van der Waals surface area contributed by atoms with E-state index in [0.29, 0.717) is 6.54 Å². The first-order valence-electron chi connectivity index (χ1n) is 5.16. The fourth-order valence-electron chi connectivity index (χ4n) is 1.43. The van der Waals surface area contributed by atoms with Gasteiger partial charge in [0.15, 0.2) is 0 Å². The lowest BCUT2D eigenvalue weighted by Crippen LogP contribution is -2.17. The van der Waals surface area contributed by atoms with Gasteiger partial charge in [0.2, 0.25) is 0 Å². The van der Waals surface area contributed by atoms with Gasteiger partial charge in [-0.05, 0) is 24.8 Å². The molecular weight excluding hydrogens is 210 g/mol. The molecular formula is C11H16NO2S-. The molecule has 1 aromatic carbocycles. The van der Waals surface area contributed by atoms with E-state index in [4.69, 9.17) is 0 Å². The second kappa shape index (κ2) is 7.56. The number of hydrogen-bond donors (Lipinski definition) is 1. The van der Waals surface area contributed by atoms with Crippen LogP contribution in [0.25, 0.3) is 0 Å². The molecule has 0 aliphatic heterocycles. The average Bonchev–Trinajstić information content (AvgIpc) is 2.24. The van der Waals surface area contributed by atoms with Gasteiger partial charge in [-0.3, -0.25) is 4.21 Å². The summed E-state index contributed by atoms with van der Waals surface area (Å²) in [6.07, 6.45) is 4.14. The van der Waals surface area contributed by atoms with Crippen LogP contribution in [-0.2, 0) is 17.7 Å². The van der Waals surface area contributed by atoms with E-state index >= 15 is 0 Å². The Morgan fingerprint density at radius 2 is 1.87 bits per heavy atom. The molecule has 1 atom stereocenters. The molecule has 0 amide bonds. The Hall–Kier alpha value is -0.710. The van der Waals surface area contributed by atoms with Crippen molar-refractivity contribution in [3.8, 4) is 0 Å². The van der Waals surface area contributed by atoms with Gasteiger partial charge in [0.1, 0.15) is 0 Å². The van der Waals surface area contributed by atoms with Crippen molar-refractivity contribution in [1.82, 2.24) is 4.72 Å². The van der Waals surface area contributed by atoms with Crippen molar-refractivity contribution >= 4 is 11.3 Å². The zero-order valence-electron chi connectivity index (χ0n) is 8.65. The second-order valence-corrected chi connectivity index (χ2v) is 4.18. The Morgan fingerprint density at radius 3 is 2.53 bits per heavy atom. The molecule has 3 nitrogen and oxygen atoms in total. The molecule has 0 radical (unpaired) electrons. The van der Waals surface area contributed by atoms with Gasteiger partial charge < -0.3 is 4.55 Å². The highest BCUT2D eigenvalue weighted by Gasteiger charge is 1.92. The first-order chi connectivity index (χ1) is 7.29. The van der Waals surface area contributed by atoms with Gasteiger partial charge in [-0.2, -0.15) is 0 Å². The predicted octanol–water partition coefficient (Wildman–Crippen LogP) is 1.78. The van der Waals surface area contributed by atoms with Crippen LogP contribution < -0.4 is 4.72 Å². The van der Waals surface area contributed by atoms with Crippen molar-refractivity contribution in [2.75, 3.05) is 6.54 Å². The molecule has 1 rings (SSSR count). The number of rotatable bonds is 7. The Balaban J connectivity index is 2.00. The molecule has 4 heteroatoms. The molecule has 0 bridgehead atoms. The van der Waals surface area contributed by atoms with E-state index in [9.17, 15) is 8.76 Å². The molecule has 0 spiro atoms. The zero-order valence-corrected chi connectivity index (χ0v) is 9.46. The third kappa shape index (κ3) is 6.38. The number of hydrogen-bond acceptors (Lipinski definition) is 2. The molecule has 0 heterocycles. The van der Waals surface area contributed by atoms with E-state index < -0.39 is 11.3 Å². The molecule has 0 saturated carbocycles. The lowest BCUT2D eigenvalue weighted by Gasteiger charge is -2.06. The van der Waals surface area contributed by atoms with Crippen LogP contribution in [0.1, 0.15) is 24.8 Å². The lowest BCUT2D eigenvalue weighted by atomic mass is 10.1. The minimum absolute atomic E-state index is 0.547. The van der Waals surface area contributed by atoms with Gasteiger partial charge >= 0.3 is 0 Å². The summed E-state index contributed by atoms with van der Waals surface area (Å²) in [6.45, 7) is 0.547. The molecule has 1 unspecified atom stereocenters. The van der Waals surface area contributed by atoms with Crippen LogP contribution in [-0.4, -0.2) is 15.3 Å². The van der Waals surface area contributed by atoms with Crippen LogP contribution in [0.4, 0.5) is 0 Å². The van der Waals surface area contributed by atoms with Crippen LogP contribution in [0.3, 0.4) is 0 Å². The smallest absolute Gasteiger partial charge is 0.0181 e. The minimum atomic E-state index is -2.11. The molecule has 0 aromatic heterocycles. The van der Waals surface area contributed by atoms with Crippen LogP contribution in [0, 0.1) is 0 Å². The third-order valence-corrected chi connectivity index (χ3v) is 2.64. The molecule has 1 N–H and O–H groups in total. The largest absolute Gasteiger partial charge is 0.760 e. The Kier molecular flexibility index (Phi) is 6.23. The molecule has 84 valence electrons. The summed E-state index contributed by atoms with van der Waals surface area (Å²) in [7, 11) is 0. The summed E-state index contributed by atoms with van der Waals surface area (Å²) < 4.78 is 22.6. The highest BCUT2D eigenvalue weighted by Crippen LogP contribution is 2.05. The van der Waals surface area contributed by atoms with Crippen LogP contribution in [0.5, 0.6) is 0 Å². The first kappa shape index (κ1) is 12.4. The molecule has 15 heavy (non-hydrogen) atoms. The van der Waals surface area contributed by atoms with Crippen molar-refractivity contribution < 1.29 is 8.76 Å². The summed E-state index contributed by atoms with van der Waals surface area (Å²) in [5.41, 5.74) is 1.35. The quantitative estimate of drug-likeness (QED) is 0.569. The molecule has 0 aliphatic carbocycles. The summed E-state index contributed by atoms with van der Waals surface area (Å²) in [5, 5.41) is 0. The monoisotopic (exact) mass is 226 g/mol. The van der Waals surface area contributed by atoms with E-state index in [1.54, 1.807) is 0 Å². The number of nitrogens with one attached hydrogen (secondary N) is 1. The highest BCUT2D eigenvalue weighted by molar-refractivity contribution is 7.77. The van der Waals surface area contributed by atoms with Gasteiger partial charge in [0, 0.05) is 17.8 Å². The Morgan fingerprint density at radius 1 is 1.13 bits per heavy atom. The maximum atomic E-state index is 10.1. The maximum Gasteiger partial charge on any atom is 0.0181 e. The molecule has 0 aliphatic rings. The van der Waals surface area contributed by atoms with E-state index in [0.717, 1.165) is 25.7 Å².